The second kappa shape index (κ2) is 5.55. The Morgan fingerprint density at radius 2 is 2.00 bits per heavy atom. The molecule has 0 aliphatic carbocycles. The molecule has 0 aliphatic rings. The molecule has 21 heavy (non-hydrogen) atoms. The molecule has 0 spiro atoms. The van der Waals surface area contributed by atoms with Crippen LogP contribution in [0.1, 0.15) is 30.0 Å². The Labute approximate surface area is 120 Å². The average molecular weight is 293 g/mol. The molecule has 0 bridgehead atoms. The third-order valence-corrected chi connectivity index (χ3v) is 3.32. The van der Waals surface area contributed by atoms with Crippen molar-refractivity contribution in [3.05, 3.63) is 35.3 Å². The maximum absolute atomic E-state index is 13.2. The van der Waals surface area contributed by atoms with Crippen LogP contribution in [0.5, 0.6) is 0 Å². The number of amides is 1. The molecule has 2 aromatic rings. The Balaban J connectivity index is 2.35. The lowest BCUT2D eigenvalue weighted by molar-refractivity contribution is -0.140. The van der Waals surface area contributed by atoms with Gasteiger partial charge in [0.05, 0.1) is 0 Å². The fourth-order valence-electron chi connectivity index (χ4n) is 2.13. The summed E-state index contributed by atoms with van der Waals surface area (Å²) in [5.74, 6) is -2.43. The molecule has 5 nitrogen and oxygen atoms in total. The monoisotopic (exact) mass is 293 g/mol. The SMILES string of the molecule is Cc1c(C(=O)N[C@@H](C(=O)O)C(C)C)oc2ccc(F)cc12. The number of halogens is 1. The van der Waals surface area contributed by atoms with Gasteiger partial charge in [0.15, 0.2) is 5.76 Å². The number of carbonyl (C=O) groups is 2. The summed E-state index contributed by atoms with van der Waals surface area (Å²) in [6.07, 6.45) is 0. The van der Waals surface area contributed by atoms with Crippen molar-refractivity contribution in [2.45, 2.75) is 26.8 Å². The predicted octanol–water partition coefficient (Wildman–Crippen LogP) is 2.72. The van der Waals surface area contributed by atoms with E-state index in [9.17, 15) is 14.0 Å². The number of hydrogen-bond acceptors (Lipinski definition) is 3. The van der Waals surface area contributed by atoms with Crippen LogP contribution < -0.4 is 5.32 Å². The number of hydrogen-bond donors (Lipinski definition) is 2. The first-order valence-corrected chi connectivity index (χ1v) is 6.53. The molecule has 2 rings (SSSR count). The van der Waals surface area contributed by atoms with E-state index < -0.39 is 23.7 Å². The number of rotatable bonds is 4. The van der Waals surface area contributed by atoms with E-state index >= 15 is 0 Å². The third kappa shape index (κ3) is 2.89. The quantitative estimate of drug-likeness (QED) is 0.908. The maximum atomic E-state index is 13.2. The van der Waals surface area contributed by atoms with Gasteiger partial charge in [-0.1, -0.05) is 13.8 Å². The first kappa shape index (κ1) is 15.0. The van der Waals surface area contributed by atoms with Crippen molar-refractivity contribution >= 4 is 22.8 Å². The second-order valence-electron chi connectivity index (χ2n) is 5.23. The molecule has 1 aromatic carbocycles. The van der Waals surface area contributed by atoms with E-state index in [0.29, 0.717) is 16.5 Å². The molecule has 1 amide bonds. The lowest BCUT2D eigenvalue weighted by Gasteiger charge is -2.17. The van der Waals surface area contributed by atoms with Crippen LogP contribution in [0.3, 0.4) is 0 Å². The molecule has 0 unspecified atom stereocenters. The molecule has 2 N–H and O–H groups in total. The van der Waals surface area contributed by atoms with Gasteiger partial charge in [-0.25, -0.2) is 9.18 Å². The lowest BCUT2D eigenvalue weighted by atomic mass is 10.0. The number of benzene rings is 1. The largest absolute Gasteiger partial charge is 0.480 e. The van der Waals surface area contributed by atoms with E-state index in [1.807, 2.05) is 0 Å². The third-order valence-electron chi connectivity index (χ3n) is 3.32. The van der Waals surface area contributed by atoms with Gasteiger partial charge in [0, 0.05) is 10.9 Å². The molecule has 6 heteroatoms. The van der Waals surface area contributed by atoms with Crippen molar-refractivity contribution in [3.8, 4) is 0 Å². The summed E-state index contributed by atoms with van der Waals surface area (Å²) < 4.78 is 18.6. The summed E-state index contributed by atoms with van der Waals surface area (Å²) in [6, 6.07) is 2.94. The number of fused-ring (bicyclic) bond motifs is 1. The van der Waals surface area contributed by atoms with E-state index in [4.69, 9.17) is 9.52 Å². The minimum absolute atomic E-state index is 0.00231. The first-order chi connectivity index (χ1) is 9.81. The number of carboxylic acids is 1. The van der Waals surface area contributed by atoms with Crippen molar-refractivity contribution in [2.75, 3.05) is 0 Å². The van der Waals surface area contributed by atoms with Crippen LogP contribution in [-0.2, 0) is 4.79 Å². The van der Waals surface area contributed by atoms with Crippen molar-refractivity contribution < 1.29 is 23.5 Å². The normalized spacial score (nSPS) is 12.6. The summed E-state index contributed by atoms with van der Waals surface area (Å²) in [4.78, 5) is 23.3. The van der Waals surface area contributed by atoms with Gasteiger partial charge >= 0.3 is 5.97 Å². The van der Waals surface area contributed by atoms with Gasteiger partial charge in [-0.2, -0.15) is 0 Å². The number of nitrogens with one attached hydrogen (secondary N) is 1. The van der Waals surface area contributed by atoms with E-state index in [1.54, 1.807) is 20.8 Å². The standard InChI is InChI=1S/C15H16FNO4/c1-7(2)12(15(19)20)17-14(18)13-8(3)10-6-9(16)4-5-11(10)21-13/h4-7,12H,1-3H3,(H,17,18)(H,19,20)/t12-/m1/s1. The molecule has 0 saturated heterocycles. The number of carboxylic acid groups (broad SMARTS) is 1. The molecule has 0 fully saturated rings. The molecule has 0 saturated carbocycles. The zero-order chi connectivity index (χ0) is 15.7. The number of carbonyl (C=O) groups excluding carboxylic acids is 1. The van der Waals surface area contributed by atoms with Gasteiger partial charge in [0.25, 0.3) is 5.91 Å². The van der Waals surface area contributed by atoms with Gasteiger partial charge in [-0.05, 0) is 31.0 Å². The van der Waals surface area contributed by atoms with Crippen LogP contribution >= 0.6 is 0 Å². The highest BCUT2D eigenvalue weighted by Gasteiger charge is 2.26. The lowest BCUT2D eigenvalue weighted by Crippen LogP contribution is -2.44. The molecule has 0 radical (unpaired) electrons. The van der Waals surface area contributed by atoms with E-state index in [2.05, 4.69) is 5.32 Å². The highest BCUT2D eigenvalue weighted by Crippen LogP contribution is 2.26. The van der Waals surface area contributed by atoms with Crippen LogP contribution in [0.25, 0.3) is 11.0 Å². The summed E-state index contributed by atoms with van der Waals surface area (Å²) >= 11 is 0. The average Bonchev–Trinajstić information content (AvgIpc) is 2.72. The van der Waals surface area contributed by atoms with Gasteiger partial charge in [0.2, 0.25) is 0 Å². The Hall–Kier alpha value is -2.37. The maximum Gasteiger partial charge on any atom is 0.326 e. The smallest absolute Gasteiger partial charge is 0.326 e. The molecule has 112 valence electrons. The molecule has 1 aromatic heterocycles. The van der Waals surface area contributed by atoms with Crippen LogP contribution in [0.4, 0.5) is 4.39 Å². The topological polar surface area (TPSA) is 79.5 Å². The Kier molecular flexibility index (Phi) is 3.97. The molecular formula is C15H16FNO4. The summed E-state index contributed by atoms with van der Waals surface area (Å²) in [7, 11) is 0. The molecule has 1 atom stereocenters. The Bertz CT molecular complexity index is 705. The van der Waals surface area contributed by atoms with Gasteiger partial charge < -0.3 is 14.8 Å². The summed E-state index contributed by atoms with van der Waals surface area (Å²) in [5, 5.41) is 12.0. The molecule has 0 aliphatic heterocycles. The predicted molar refractivity (Wildman–Crippen MR) is 74.6 cm³/mol. The molecular weight excluding hydrogens is 277 g/mol. The Morgan fingerprint density at radius 1 is 1.33 bits per heavy atom. The minimum atomic E-state index is -1.11. The highest BCUT2D eigenvalue weighted by atomic mass is 19.1. The van der Waals surface area contributed by atoms with E-state index in [-0.39, 0.29) is 11.7 Å². The fraction of sp³-hybridized carbons (Fsp3) is 0.333. The van der Waals surface area contributed by atoms with Crippen molar-refractivity contribution in [1.29, 1.82) is 0 Å². The highest BCUT2D eigenvalue weighted by molar-refractivity contribution is 6.00. The number of aliphatic carboxylic acids is 1. The zero-order valence-electron chi connectivity index (χ0n) is 11.9. The van der Waals surface area contributed by atoms with Crippen molar-refractivity contribution in [2.24, 2.45) is 5.92 Å². The number of furan rings is 1. The number of aryl methyl sites for hydroxylation is 1. The van der Waals surface area contributed by atoms with Gasteiger partial charge in [-0.3, -0.25) is 4.79 Å². The van der Waals surface area contributed by atoms with E-state index in [0.717, 1.165) is 0 Å². The van der Waals surface area contributed by atoms with Gasteiger partial charge in [0.1, 0.15) is 17.4 Å². The zero-order valence-corrected chi connectivity index (χ0v) is 11.9. The Morgan fingerprint density at radius 3 is 2.57 bits per heavy atom. The minimum Gasteiger partial charge on any atom is -0.480 e. The van der Waals surface area contributed by atoms with Crippen molar-refractivity contribution in [3.63, 3.8) is 0 Å². The van der Waals surface area contributed by atoms with Crippen LogP contribution in [-0.4, -0.2) is 23.0 Å². The van der Waals surface area contributed by atoms with Crippen LogP contribution in [0, 0.1) is 18.7 Å². The first-order valence-electron chi connectivity index (χ1n) is 6.53. The van der Waals surface area contributed by atoms with Gasteiger partial charge in [-0.15, -0.1) is 0 Å². The summed E-state index contributed by atoms with van der Waals surface area (Å²) in [5.41, 5.74) is 0.866. The van der Waals surface area contributed by atoms with Crippen molar-refractivity contribution in [1.82, 2.24) is 5.32 Å². The fourth-order valence-corrected chi connectivity index (χ4v) is 2.13. The van der Waals surface area contributed by atoms with Crippen LogP contribution in [0.2, 0.25) is 0 Å². The summed E-state index contributed by atoms with van der Waals surface area (Å²) in [6.45, 7) is 5.02. The van der Waals surface area contributed by atoms with E-state index in [1.165, 1.54) is 18.2 Å². The molecule has 1 heterocycles. The second-order valence-corrected chi connectivity index (χ2v) is 5.23. The van der Waals surface area contributed by atoms with Crippen LogP contribution in [0.15, 0.2) is 22.6 Å².